The number of amides is 1. The van der Waals surface area contributed by atoms with Crippen LogP contribution in [-0.2, 0) is 15.0 Å². The number of carbonyl (C=O) groups is 1. The van der Waals surface area contributed by atoms with E-state index in [0.717, 1.165) is 6.07 Å². The van der Waals surface area contributed by atoms with Crippen LogP contribution < -0.4 is 11.1 Å². The van der Waals surface area contributed by atoms with Crippen molar-refractivity contribution in [2.45, 2.75) is 11.2 Å². The Morgan fingerprint density at radius 3 is 2.81 bits per heavy atom. The number of anilines is 1. The molecule has 2 aromatic rings. The topological polar surface area (TPSA) is 123 Å². The Morgan fingerprint density at radius 2 is 2.10 bits per heavy atom. The Balaban J connectivity index is 0.00000272. The molecule has 0 aliphatic carbocycles. The van der Waals surface area contributed by atoms with Gasteiger partial charge < -0.3 is 20.5 Å². The summed E-state index contributed by atoms with van der Waals surface area (Å²) in [5, 5.41) is 11.4. The zero-order valence-electron chi connectivity index (χ0n) is 15.7. The van der Waals surface area contributed by atoms with Gasteiger partial charge >= 0.3 is 0 Å². The summed E-state index contributed by atoms with van der Waals surface area (Å²) >= 11 is 6.01. The minimum atomic E-state index is -2.13. The summed E-state index contributed by atoms with van der Waals surface area (Å²) in [6.07, 6.45) is 1.20. The summed E-state index contributed by atoms with van der Waals surface area (Å²) in [4.78, 5) is 20.5. The van der Waals surface area contributed by atoms with Gasteiger partial charge in [-0.1, -0.05) is 11.6 Å². The molecule has 1 amide bonds. The second kappa shape index (κ2) is 8.26. The average molecular weight is 470 g/mol. The fraction of sp³-hybridized carbons (Fsp3) is 0.263. The van der Waals surface area contributed by atoms with Crippen molar-refractivity contribution in [3.05, 3.63) is 58.1 Å². The van der Waals surface area contributed by atoms with Crippen molar-refractivity contribution in [2.75, 3.05) is 25.1 Å². The van der Waals surface area contributed by atoms with Crippen LogP contribution in [0.4, 0.5) is 14.5 Å². The van der Waals surface area contributed by atoms with Gasteiger partial charge in [0.2, 0.25) is 0 Å². The minimum absolute atomic E-state index is 0. The maximum absolute atomic E-state index is 15.5. The zero-order valence-corrected chi connectivity index (χ0v) is 17.3. The highest BCUT2D eigenvalue weighted by molar-refractivity contribution is 6.34. The fourth-order valence-corrected chi connectivity index (χ4v) is 3.72. The molecule has 0 saturated carbocycles. The molecule has 0 spiro atoms. The highest BCUT2D eigenvalue weighted by Gasteiger charge is 2.62. The van der Waals surface area contributed by atoms with E-state index in [1.165, 1.54) is 24.4 Å². The number of hydrogen-bond donors (Lipinski definition) is 2. The Kier molecular flexibility index (Phi) is 6.04. The molecule has 0 unspecified atom stereocenters. The summed E-state index contributed by atoms with van der Waals surface area (Å²) in [7, 11) is 0. The molecule has 0 radical (unpaired) electrons. The smallest absolute Gasteiger partial charge is 0.283 e. The first-order valence-electron chi connectivity index (χ1n) is 8.70. The number of nitrogens with zero attached hydrogens (tertiary/aromatic N) is 3. The lowest BCUT2D eigenvalue weighted by Crippen LogP contribution is -2.55. The van der Waals surface area contributed by atoms with Crippen molar-refractivity contribution in [2.24, 2.45) is 10.7 Å². The summed E-state index contributed by atoms with van der Waals surface area (Å²) < 4.78 is 40.5. The number of fused-ring (bicyclic) bond motifs is 1. The minimum Gasteiger partial charge on any atom is -0.462 e. The molecule has 12 heteroatoms. The van der Waals surface area contributed by atoms with Crippen LogP contribution in [0.25, 0.3) is 0 Å². The van der Waals surface area contributed by atoms with E-state index in [1.807, 2.05) is 6.07 Å². The average Bonchev–Trinajstić information content (AvgIpc) is 3.06. The molecule has 2 atom stereocenters. The van der Waals surface area contributed by atoms with Gasteiger partial charge in [0.25, 0.3) is 11.9 Å². The molecule has 4 rings (SSSR count). The van der Waals surface area contributed by atoms with Gasteiger partial charge in [-0.25, -0.2) is 18.8 Å². The number of carbonyl (C=O) groups excluding carboxylic acids is 1. The molecular weight excluding hydrogens is 455 g/mol. The van der Waals surface area contributed by atoms with Crippen molar-refractivity contribution in [3.8, 4) is 6.07 Å². The standard InChI is InChI=1S/C19H14ClF2N5O3.ClH/c20-13-3-10(5-23)6-25-15(13)16(28)26-11-1-2-14(21)12(4-11)19-9-29-7-18(19,22)8-30-17(24)27-19;/h1-4,6H,7-9H2,(H2,24,27)(H,26,28);1H/t18-,19-;/m1./s1. The number of pyridine rings is 1. The highest BCUT2D eigenvalue weighted by atomic mass is 35.5. The van der Waals surface area contributed by atoms with Crippen molar-refractivity contribution in [1.82, 2.24) is 4.98 Å². The van der Waals surface area contributed by atoms with Gasteiger partial charge in [0.05, 0.1) is 23.8 Å². The largest absolute Gasteiger partial charge is 0.462 e. The SMILES string of the molecule is Cl.N#Cc1cnc(C(=O)Nc2ccc(F)c([C@]34COC[C@@]3(F)COC(N)=N4)c2)c(Cl)c1. The Hall–Kier alpha value is -3.00. The zero-order chi connectivity index (χ0) is 21.5. The highest BCUT2D eigenvalue weighted by Crippen LogP contribution is 2.48. The van der Waals surface area contributed by atoms with Gasteiger partial charge in [-0.15, -0.1) is 12.4 Å². The quantitative estimate of drug-likeness (QED) is 0.712. The van der Waals surface area contributed by atoms with E-state index in [-0.39, 0.29) is 59.2 Å². The van der Waals surface area contributed by atoms with E-state index in [0.29, 0.717) is 0 Å². The van der Waals surface area contributed by atoms with E-state index < -0.39 is 29.5 Å². The molecule has 0 bridgehead atoms. The first-order chi connectivity index (χ1) is 14.3. The number of aliphatic imine (C=N–C) groups is 1. The first kappa shape index (κ1) is 22.7. The number of amidine groups is 1. The number of ether oxygens (including phenoxy) is 2. The number of rotatable bonds is 3. The van der Waals surface area contributed by atoms with Crippen molar-refractivity contribution >= 4 is 41.6 Å². The second-order valence-electron chi connectivity index (χ2n) is 6.87. The molecule has 1 fully saturated rings. The third-order valence-electron chi connectivity index (χ3n) is 4.99. The summed E-state index contributed by atoms with van der Waals surface area (Å²) in [6, 6.07) is 6.51. The summed E-state index contributed by atoms with van der Waals surface area (Å²) in [6.45, 7) is -1.03. The van der Waals surface area contributed by atoms with Gasteiger partial charge in [-0.05, 0) is 24.3 Å². The lowest BCUT2D eigenvalue weighted by Gasteiger charge is -2.38. The Morgan fingerprint density at radius 1 is 1.32 bits per heavy atom. The number of halogens is 4. The number of hydrogen-bond acceptors (Lipinski definition) is 7. The van der Waals surface area contributed by atoms with Crippen LogP contribution in [0.1, 0.15) is 21.6 Å². The van der Waals surface area contributed by atoms with Gasteiger partial charge in [0, 0.05) is 17.4 Å². The molecule has 2 aliphatic rings. The predicted molar refractivity (Wildman–Crippen MR) is 109 cm³/mol. The van der Waals surface area contributed by atoms with Crippen LogP contribution in [0.2, 0.25) is 5.02 Å². The van der Waals surface area contributed by atoms with Crippen LogP contribution in [0.15, 0.2) is 35.5 Å². The number of aromatic nitrogens is 1. The maximum atomic E-state index is 15.5. The van der Waals surface area contributed by atoms with Crippen molar-refractivity contribution in [3.63, 3.8) is 0 Å². The molecule has 1 aromatic carbocycles. The molecule has 1 aromatic heterocycles. The van der Waals surface area contributed by atoms with Crippen molar-refractivity contribution < 1.29 is 23.0 Å². The normalized spacial score (nSPS) is 24.1. The number of benzene rings is 1. The lowest BCUT2D eigenvalue weighted by molar-refractivity contribution is 0.00905. The predicted octanol–water partition coefficient (Wildman–Crippen LogP) is 2.70. The number of nitrogens with one attached hydrogen (secondary N) is 1. The van der Waals surface area contributed by atoms with Crippen LogP contribution in [0, 0.1) is 17.1 Å². The van der Waals surface area contributed by atoms with Crippen LogP contribution in [0.3, 0.4) is 0 Å². The molecule has 3 N–H and O–H groups in total. The van der Waals surface area contributed by atoms with E-state index in [9.17, 15) is 9.18 Å². The molecule has 8 nitrogen and oxygen atoms in total. The molecule has 1 saturated heterocycles. The Labute approximate surface area is 186 Å². The molecule has 31 heavy (non-hydrogen) atoms. The monoisotopic (exact) mass is 469 g/mol. The molecule has 2 aliphatic heterocycles. The first-order valence-corrected chi connectivity index (χ1v) is 9.08. The van der Waals surface area contributed by atoms with Gasteiger partial charge in [0.15, 0.2) is 11.2 Å². The van der Waals surface area contributed by atoms with E-state index >= 15 is 4.39 Å². The molecule has 162 valence electrons. The van der Waals surface area contributed by atoms with E-state index in [4.69, 9.17) is 32.1 Å². The van der Waals surface area contributed by atoms with Crippen LogP contribution in [0.5, 0.6) is 0 Å². The maximum Gasteiger partial charge on any atom is 0.283 e. The third kappa shape index (κ3) is 3.76. The second-order valence-corrected chi connectivity index (χ2v) is 7.28. The number of alkyl halides is 1. The summed E-state index contributed by atoms with van der Waals surface area (Å²) in [5.41, 5.74) is 1.84. The van der Waals surface area contributed by atoms with E-state index in [2.05, 4.69) is 15.3 Å². The number of nitrogens with two attached hydrogens (primary N) is 1. The molecule has 3 heterocycles. The molecular formula is C19H15Cl2F2N5O3. The van der Waals surface area contributed by atoms with Gasteiger partial charge in [-0.2, -0.15) is 5.26 Å². The van der Waals surface area contributed by atoms with E-state index in [1.54, 1.807) is 0 Å². The van der Waals surface area contributed by atoms with Gasteiger partial charge in [0.1, 0.15) is 24.2 Å². The Bertz CT molecular complexity index is 1130. The lowest BCUT2D eigenvalue weighted by atomic mass is 9.78. The van der Waals surface area contributed by atoms with Gasteiger partial charge in [-0.3, -0.25) is 4.79 Å². The van der Waals surface area contributed by atoms with Crippen molar-refractivity contribution in [1.29, 1.82) is 5.26 Å². The van der Waals surface area contributed by atoms with Crippen LogP contribution in [-0.4, -0.2) is 42.4 Å². The van der Waals surface area contributed by atoms with Crippen LogP contribution >= 0.6 is 24.0 Å². The number of nitriles is 1. The third-order valence-corrected chi connectivity index (χ3v) is 5.28. The summed E-state index contributed by atoms with van der Waals surface area (Å²) in [5.74, 6) is -1.43. The fourth-order valence-electron chi connectivity index (χ4n) is 3.47.